The number of aromatic amines is 1. The van der Waals surface area contributed by atoms with Gasteiger partial charge in [0.2, 0.25) is 5.95 Å². The van der Waals surface area contributed by atoms with Gasteiger partial charge in [-0.05, 0) is 44.0 Å². The van der Waals surface area contributed by atoms with Crippen LogP contribution in [0.4, 0.5) is 5.95 Å². The van der Waals surface area contributed by atoms with Crippen molar-refractivity contribution < 1.29 is 0 Å². The normalized spacial score (nSPS) is 17.6. The van der Waals surface area contributed by atoms with Crippen LogP contribution in [0.2, 0.25) is 0 Å². The number of rotatable bonds is 4. The summed E-state index contributed by atoms with van der Waals surface area (Å²) < 4.78 is 0. The minimum Gasteiger partial charge on any atom is -0.341 e. The van der Waals surface area contributed by atoms with Crippen molar-refractivity contribution in [2.24, 2.45) is 5.92 Å². The fourth-order valence-electron chi connectivity index (χ4n) is 2.94. The maximum Gasteiger partial charge on any atom is 0.203 e. The molecule has 0 saturated carbocycles. The van der Waals surface area contributed by atoms with Crippen LogP contribution in [0.5, 0.6) is 0 Å². The van der Waals surface area contributed by atoms with Gasteiger partial charge in [0.15, 0.2) is 0 Å². The van der Waals surface area contributed by atoms with Gasteiger partial charge in [0.05, 0.1) is 11.0 Å². The maximum atomic E-state index is 4.73. The summed E-state index contributed by atoms with van der Waals surface area (Å²) in [5.41, 5.74) is 2.20. The van der Waals surface area contributed by atoms with Crippen LogP contribution in [0.15, 0.2) is 24.3 Å². The summed E-state index contributed by atoms with van der Waals surface area (Å²) in [5, 5.41) is 0. The molecule has 21 heavy (non-hydrogen) atoms. The van der Waals surface area contributed by atoms with Crippen LogP contribution in [-0.4, -0.2) is 47.6 Å². The lowest BCUT2D eigenvalue weighted by atomic mass is 10.1. The molecule has 1 saturated heterocycles. The molecule has 0 atom stereocenters. The van der Waals surface area contributed by atoms with Crippen LogP contribution in [0, 0.1) is 5.92 Å². The minimum atomic E-state index is 0.791. The average molecular weight is 286 g/mol. The smallest absolute Gasteiger partial charge is 0.203 e. The van der Waals surface area contributed by atoms with E-state index in [1.54, 1.807) is 0 Å². The second-order valence-electron chi connectivity index (χ2n) is 6.44. The number of anilines is 1. The van der Waals surface area contributed by atoms with Gasteiger partial charge >= 0.3 is 0 Å². The van der Waals surface area contributed by atoms with Crippen LogP contribution in [0.1, 0.15) is 26.7 Å². The van der Waals surface area contributed by atoms with E-state index in [1.807, 2.05) is 6.07 Å². The standard InChI is InChI=1S/C17H26N4/c1-14(2)8-11-20-9-5-10-21(13-12-20)17-18-15-6-3-4-7-16(15)19-17/h3-4,6-7,14H,5,8-13H2,1-2H3,(H,18,19). The third-order valence-electron chi connectivity index (χ3n) is 4.29. The minimum absolute atomic E-state index is 0.791. The molecular weight excluding hydrogens is 260 g/mol. The number of hydrogen-bond acceptors (Lipinski definition) is 3. The molecule has 1 N–H and O–H groups in total. The zero-order valence-electron chi connectivity index (χ0n) is 13.2. The molecule has 0 bridgehead atoms. The van der Waals surface area contributed by atoms with Gasteiger partial charge in [0, 0.05) is 19.6 Å². The van der Waals surface area contributed by atoms with Gasteiger partial charge in [-0.2, -0.15) is 0 Å². The number of benzene rings is 1. The molecule has 2 heterocycles. The molecular formula is C17H26N4. The number of nitrogens with zero attached hydrogens (tertiary/aromatic N) is 3. The number of imidazole rings is 1. The van der Waals surface area contributed by atoms with Crippen molar-refractivity contribution in [3.8, 4) is 0 Å². The third kappa shape index (κ3) is 3.56. The first-order valence-electron chi connectivity index (χ1n) is 8.14. The van der Waals surface area contributed by atoms with Crippen LogP contribution in [0.25, 0.3) is 11.0 Å². The van der Waals surface area contributed by atoms with Crippen LogP contribution < -0.4 is 4.90 Å². The lowest BCUT2D eigenvalue weighted by Crippen LogP contribution is -2.32. The molecule has 0 unspecified atom stereocenters. The summed E-state index contributed by atoms with van der Waals surface area (Å²) in [6.07, 6.45) is 2.51. The summed E-state index contributed by atoms with van der Waals surface area (Å²) in [5.74, 6) is 1.82. The molecule has 0 amide bonds. The van der Waals surface area contributed by atoms with Gasteiger partial charge in [0.25, 0.3) is 0 Å². The first-order chi connectivity index (χ1) is 10.2. The van der Waals surface area contributed by atoms with Crippen LogP contribution in [0.3, 0.4) is 0 Å². The highest BCUT2D eigenvalue weighted by Crippen LogP contribution is 2.18. The maximum absolute atomic E-state index is 4.73. The predicted molar refractivity (Wildman–Crippen MR) is 88.8 cm³/mol. The van der Waals surface area contributed by atoms with Crippen molar-refractivity contribution >= 4 is 17.0 Å². The molecule has 4 heteroatoms. The average Bonchev–Trinajstić information content (AvgIpc) is 2.76. The Bertz CT molecular complexity index is 542. The molecule has 0 spiro atoms. The lowest BCUT2D eigenvalue weighted by Gasteiger charge is -2.22. The number of para-hydroxylation sites is 2. The van der Waals surface area contributed by atoms with E-state index in [-0.39, 0.29) is 0 Å². The van der Waals surface area contributed by atoms with E-state index in [0.717, 1.165) is 42.5 Å². The highest BCUT2D eigenvalue weighted by molar-refractivity contribution is 5.77. The molecule has 0 radical (unpaired) electrons. The number of aromatic nitrogens is 2. The molecule has 1 fully saturated rings. The van der Waals surface area contributed by atoms with Crippen molar-refractivity contribution in [3.05, 3.63) is 24.3 Å². The highest BCUT2D eigenvalue weighted by atomic mass is 15.3. The molecule has 3 rings (SSSR count). The van der Waals surface area contributed by atoms with Crippen molar-refractivity contribution in [2.45, 2.75) is 26.7 Å². The first kappa shape index (κ1) is 14.4. The molecule has 4 nitrogen and oxygen atoms in total. The molecule has 2 aromatic rings. The van der Waals surface area contributed by atoms with Gasteiger partial charge in [-0.1, -0.05) is 26.0 Å². The van der Waals surface area contributed by atoms with Crippen molar-refractivity contribution in [2.75, 3.05) is 37.6 Å². The van der Waals surface area contributed by atoms with Crippen molar-refractivity contribution in [3.63, 3.8) is 0 Å². The molecule has 114 valence electrons. The number of fused-ring (bicyclic) bond motifs is 1. The molecule has 0 aliphatic carbocycles. The van der Waals surface area contributed by atoms with E-state index >= 15 is 0 Å². The second kappa shape index (κ2) is 6.48. The number of nitrogens with one attached hydrogen (secondary N) is 1. The Morgan fingerprint density at radius 2 is 2.00 bits per heavy atom. The second-order valence-corrected chi connectivity index (χ2v) is 6.44. The van der Waals surface area contributed by atoms with E-state index in [4.69, 9.17) is 4.98 Å². The Morgan fingerprint density at radius 1 is 1.14 bits per heavy atom. The summed E-state index contributed by atoms with van der Waals surface area (Å²) in [7, 11) is 0. The zero-order chi connectivity index (χ0) is 14.7. The van der Waals surface area contributed by atoms with Gasteiger partial charge in [-0.15, -0.1) is 0 Å². The quantitative estimate of drug-likeness (QED) is 0.938. The lowest BCUT2D eigenvalue weighted by molar-refractivity contribution is 0.275. The fourth-order valence-corrected chi connectivity index (χ4v) is 2.94. The van der Waals surface area contributed by atoms with Gasteiger partial charge < -0.3 is 14.8 Å². The van der Waals surface area contributed by atoms with E-state index < -0.39 is 0 Å². The SMILES string of the molecule is CC(C)CCN1CCCN(c2nc3ccccc3[nH]2)CC1. The van der Waals surface area contributed by atoms with Crippen molar-refractivity contribution in [1.29, 1.82) is 0 Å². The third-order valence-corrected chi connectivity index (χ3v) is 4.29. The van der Waals surface area contributed by atoms with E-state index in [2.05, 4.69) is 46.8 Å². The Hall–Kier alpha value is -1.55. The monoisotopic (exact) mass is 286 g/mol. The molecule has 1 aromatic heterocycles. The van der Waals surface area contributed by atoms with Crippen molar-refractivity contribution in [1.82, 2.24) is 14.9 Å². The Kier molecular flexibility index (Phi) is 4.44. The first-order valence-corrected chi connectivity index (χ1v) is 8.14. The van der Waals surface area contributed by atoms with Gasteiger partial charge in [-0.25, -0.2) is 4.98 Å². The fraction of sp³-hybridized carbons (Fsp3) is 0.588. The number of hydrogen-bond donors (Lipinski definition) is 1. The van der Waals surface area contributed by atoms with Crippen LogP contribution in [-0.2, 0) is 0 Å². The predicted octanol–water partition coefficient (Wildman–Crippen LogP) is 3.12. The summed E-state index contributed by atoms with van der Waals surface area (Å²) >= 11 is 0. The van der Waals surface area contributed by atoms with Gasteiger partial charge in [0.1, 0.15) is 0 Å². The largest absolute Gasteiger partial charge is 0.341 e. The van der Waals surface area contributed by atoms with Crippen LogP contribution >= 0.6 is 0 Å². The van der Waals surface area contributed by atoms with Gasteiger partial charge in [-0.3, -0.25) is 0 Å². The molecule has 1 aromatic carbocycles. The summed E-state index contributed by atoms with van der Waals surface area (Å²) in [4.78, 5) is 13.2. The molecule has 1 aliphatic heterocycles. The highest BCUT2D eigenvalue weighted by Gasteiger charge is 2.17. The summed E-state index contributed by atoms with van der Waals surface area (Å²) in [6, 6.07) is 8.27. The van der Waals surface area contributed by atoms with E-state index in [1.165, 1.54) is 25.9 Å². The summed E-state index contributed by atoms with van der Waals surface area (Å²) in [6.45, 7) is 10.4. The topological polar surface area (TPSA) is 35.2 Å². The van der Waals surface area contributed by atoms with E-state index in [9.17, 15) is 0 Å². The zero-order valence-corrected chi connectivity index (χ0v) is 13.2. The molecule has 1 aliphatic rings. The Balaban J connectivity index is 1.64. The Morgan fingerprint density at radius 3 is 2.81 bits per heavy atom. The number of H-pyrrole nitrogens is 1. The van der Waals surface area contributed by atoms with E-state index in [0.29, 0.717) is 0 Å². The Labute approximate surface area is 127 Å².